The number of amides is 2. The summed E-state index contributed by atoms with van der Waals surface area (Å²) in [6.07, 6.45) is 4.52. The Hall–Kier alpha value is -4.25. The summed E-state index contributed by atoms with van der Waals surface area (Å²) < 4.78 is 8.07. The third-order valence-electron chi connectivity index (χ3n) is 7.96. The van der Waals surface area contributed by atoms with Gasteiger partial charge in [0.2, 0.25) is 11.8 Å². The van der Waals surface area contributed by atoms with Crippen LogP contribution in [0.15, 0.2) is 70.1 Å². The molecule has 11 heteroatoms. The average Bonchev–Trinajstić information content (AvgIpc) is 3.29. The van der Waals surface area contributed by atoms with Crippen molar-refractivity contribution in [2.75, 3.05) is 11.1 Å². The molecule has 0 bridgehead atoms. The lowest BCUT2D eigenvalue weighted by Gasteiger charge is -2.27. The van der Waals surface area contributed by atoms with Crippen LogP contribution in [0.2, 0.25) is 0 Å². The number of nitrogens with two attached hydrogens (primary N) is 1. The molecular weight excluding hydrogens is 562 g/mol. The van der Waals surface area contributed by atoms with E-state index < -0.39 is 6.04 Å². The van der Waals surface area contributed by atoms with Crippen LogP contribution in [0.5, 0.6) is 0 Å². The van der Waals surface area contributed by atoms with Gasteiger partial charge >= 0.3 is 0 Å². The minimum atomic E-state index is -0.583. The van der Waals surface area contributed by atoms with Gasteiger partial charge in [-0.25, -0.2) is 15.0 Å². The molecule has 1 saturated heterocycles. The highest BCUT2D eigenvalue weighted by molar-refractivity contribution is 9.10. The fourth-order valence-electron chi connectivity index (χ4n) is 5.96. The largest absolute Gasteiger partial charge is 0.464 e. The van der Waals surface area contributed by atoms with Gasteiger partial charge in [-0.2, -0.15) is 0 Å². The molecule has 2 aliphatic rings. The second kappa shape index (κ2) is 8.63. The number of piperidine rings is 1. The Kier molecular flexibility index (Phi) is 5.28. The molecule has 39 heavy (non-hydrogen) atoms. The Morgan fingerprint density at radius 1 is 1.18 bits per heavy atom. The van der Waals surface area contributed by atoms with E-state index in [0.29, 0.717) is 33.7 Å². The van der Waals surface area contributed by atoms with Gasteiger partial charge in [0.25, 0.3) is 0 Å². The number of halogens is 1. The van der Waals surface area contributed by atoms with Crippen molar-refractivity contribution >= 4 is 61.3 Å². The molecule has 7 rings (SSSR count). The van der Waals surface area contributed by atoms with Crippen LogP contribution in [0.25, 0.3) is 33.3 Å². The van der Waals surface area contributed by atoms with Crippen LogP contribution in [-0.4, -0.2) is 48.3 Å². The van der Waals surface area contributed by atoms with Crippen molar-refractivity contribution in [1.29, 1.82) is 0 Å². The summed E-state index contributed by atoms with van der Waals surface area (Å²) in [5.74, 6) is 1.12. The number of pyridine rings is 1. The zero-order valence-electron chi connectivity index (χ0n) is 21.0. The van der Waals surface area contributed by atoms with E-state index in [4.69, 9.17) is 10.2 Å². The van der Waals surface area contributed by atoms with E-state index in [1.807, 2.05) is 34.9 Å². The Morgan fingerprint density at radius 3 is 2.85 bits per heavy atom. The Labute approximate surface area is 231 Å². The van der Waals surface area contributed by atoms with Crippen molar-refractivity contribution in [3.8, 4) is 11.3 Å². The molecule has 0 spiro atoms. The van der Waals surface area contributed by atoms with Crippen molar-refractivity contribution in [2.45, 2.75) is 38.4 Å². The lowest BCUT2D eigenvalue weighted by Crippen LogP contribution is -2.46. The number of anilines is 2. The molecule has 0 radical (unpaired) electrons. The van der Waals surface area contributed by atoms with E-state index in [1.165, 1.54) is 6.33 Å². The van der Waals surface area contributed by atoms with Gasteiger partial charge in [0.15, 0.2) is 0 Å². The maximum Gasteiger partial charge on any atom is 0.248 e. The number of nitrogen functional groups attached to an aromatic ring is 1. The van der Waals surface area contributed by atoms with Crippen molar-refractivity contribution in [3.63, 3.8) is 0 Å². The number of nitrogens with one attached hydrogen (secondary N) is 1. The first-order chi connectivity index (χ1) is 18.8. The summed E-state index contributed by atoms with van der Waals surface area (Å²) in [6.45, 7) is 2.15. The fraction of sp³-hybridized carbons (Fsp3) is 0.250. The smallest absolute Gasteiger partial charge is 0.248 e. The van der Waals surface area contributed by atoms with E-state index in [9.17, 15) is 9.59 Å². The zero-order chi connectivity index (χ0) is 26.9. The maximum absolute atomic E-state index is 14.0. The molecule has 1 aromatic carbocycles. The minimum absolute atomic E-state index is 0.0159. The van der Waals surface area contributed by atoms with Crippen LogP contribution >= 0.6 is 15.9 Å². The van der Waals surface area contributed by atoms with Crippen molar-refractivity contribution in [2.24, 2.45) is 5.41 Å². The number of aromatic nitrogens is 4. The highest BCUT2D eigenvalue weighted by Crippen LogP contribution is 2.59. The molecule has 196 valence electrons. The standard InChI is InChI=1S/C28H24BrN7O3/c1-28-11-18(27(38)34-22-6-2-5-21(29)33-22)36(20(28)12-28)23(37)13-35-17-8-7-15(19-4-3-9-39-19)10-16(17)24-25(30)31-14-32-26(24)35/h2-10,14,18,20H,11-13H2,1H3,(H2,30,31,32)(H,33,34,38)/t18-,20+,28-/m0/s1. The quantitative estimate of drug-likeness (QED) is 0.288. The molecule has 5 aromatic rings. The number of carbonyl (C=O) groups excluding carboxylic acids is 2. The minimum Gasteiger partial charge on any atom is -0.464 e. The molecule has 2 fully saturated rings. The highest BCUT2D eigenvalue weighted by Gasteiger charge is 2.64. The molecule has 1 aliphatic carbocycles. The fourth-order valence-corrected chi connectivity index (χ4v) is 6.30. The predicted molar refractivity (Wildman–Crippen MR) is 149 cm³/mol. The molecule has 0 unspecified atom stereocenters. The van der Waals surface area contributed by atoms with E-state index in [1.54, 1.807) is 29.4 Å². The first kappa shape index (κ1) is 23.8. The molecule has 2 amide bonds. The molecule has 5 heterocycles. The van der Waals surface area contributed by atoms with Crippen LogP contribution in [-0.2, 0) is 16.1 Å². The summed E-state index contributed by atoms with van der Waals surface area (Å²) in [6, 6.07) is 14.3. The van der Waals surface area contributed by atoms with Crippen LogP contribution in [0.1, 0.15) is 19.8 Å². The summed E-state index contributed by atoms with van der Waals surface area (Å²) in [5, 5.41) is 4.40. The van der Waals surface area contributed by atoms with Crippen LogP contribution in [0.4, 0.5) is 11.6 Å². The number of nitrogens with zero attached hydrogens (tertiary/aromatic N) is 5. The summed E-state index contributed by atoms with van der Waals surface area (Å²) in [5.41, 5.74) is 8.50. The number of hydrogen-bond donors (Lipinski definition) is 2. The zero-order valence-corrected chi connectivity index (χ0v) is 22.6. The number of hydrogen-bond acceptors (Lipinski definition) is 7. The van der Waals surface area contributed by atoms with Crippen LogP contribution in [0, 0.1) is 5.41 Å². The van der Waals surface area contributed by atoms with Crippen molar-refractivity contribution < 1.29 is 14.0 Å². The summed E-state index contributed by atoms with van der Waals surface area (Å²) >= 11 is 3.33. The van der Waals surface area contributed by atoms with E-state index in [2.05, 4.69) is 43.1 Å². The van der Waals surface area contributed by atoms with Gasteiger partial charge in [-0.15, -0.1) is 0 Å². The Bertz CT molecular complexity index is 1780. The number of benzene rings is 1. The summed E-state index contributed by atoms with van der Waals surface area (Å²) in [4.78, 5) is 42.1. The first-order valence-corrected chi connectivity index (χ1v) is 13.4. The number of fused-ring (bicyclic) bond motifs is 4. The Balaban J connectivity index is 1.24. The van der Waals surface area contributed by atoms with Gasteiger partial charge in [0.1, 0.15) is 46.6 Å². The monoisotopic (exact) mass is 585 g/mol. The molecule has 1 aliphatic heterocycles. The van der Waals surface area contributed by atoms with Gasteiger partial charge < -0.3 is 24.9 Å². The van der Waals surface area contributed by atoms with Gasteiger partial charge in [-0.1, -0.05) is 13.0 Å². The topological polar surface area (TPSA) is 132 Å². The Morgan fingerprint density at radius 2 is 2.05 bits per heavy atom. The lowest BCUT2D eigenvalue weighted by atomic mass is 10.0. The van der Waals surface area contributed by atoms with Crippen molar-refractivity contribution in [3.05, 3.63) is 65.7 Å². The highest BCUT2D eigenvalue weighted by atomic mass is 79.9. The predicted octanol–water partition coefficient (Wildman–Crippen LogP) is 4.60. The van der Waals surface area contributed by atoms with Gasteiger partial charge in [0, 0.05) is 17.0 Å². The molecule has 4 aromatic heterocycles. The molecular formula is C28H24BrN7O3. The second-order valence-corrected chi connectivity index (χ2v) is 11.3. The van der Waals surface area contributed by atoms with E-state index in [-0.39, 0.29) is 29.8 Å². The third kappa shape index (κ3) is 3.87. The maximum atomic E-state index is 14.0. The number of carbonyl (C=O) groups is 2. The van der Waals surface area contributed by atoms with E-state index in [0.717, 1.165) is 28.6 Å². The molecule has 3 N–H and O–H groups in total. The second-order valence-electron chi connectivity index (χ2n) is 10.5. The number of likely N-dealkylation sites (tertiary alicyclic amines) is 1. The van der Waals surface area contributed by atoms with Crippen molar-refractivity contribution in [1.82, 2.24) is 24.4 Å². The summed E-state index contributed by atoms with van der Waals surface area (Å²) in [7, 11) is 0. The lowest BCUT2D eigenvalue weighted by molar-refractivity contribution is -0.138. The molecule has 10 nitrogen and oxygen atoms in total. The third-order valence-corrected chi connectivity index (χ3v) is 8.40. The molecule has 1 saturated carbocycles. The van der Waals surface area contributed by atoms with E-state index >= 15 is 0 Å². The van der Waals surface area contributed by atoms with Crippen LogP contribution in [0.3, 0.4) is 0 Å². The number of furan rings is 1. The average molecular weight is 586 g/mol. The van der Waals surface area contributed by atoms with Crippen LogP contribution < -0.4 is 11.1 Å². The number of rotatable bonds is 5. The SMILES string of the molecule is C[C@@]12C[C@@H](C(=O)Nc3cccc(Br)n3)N(C(=O)Cn3c4ccc(-c5ccco5)cc4c4c(N)ncnc43)[C@@H]1C2. The normalized spacial score (nSPS) is 21.8. The van der Waals surface area contributed by atoms with Gasteiger partial charge in [-0.05, 0) is 76.7 Å². The van der Waals surface area contributed by atoms with Gasteiger partial charge in [-0.3, -0.25) is 9.59 Å². The molecule has 3 atom stereocenters. The van der Waals surface area contributed by atoms with Gasteiger partial charge in [0.05, 0.1) is 17.2 Å². The first-order valence-electron chi connectivity index (χ1n) is 12.6.